The van der Waals surface area contributed by atoms with Gasteiger partial charge in [-0.2, -0.15) is 0 Å². The second-order valence-corrected chi connectivity index (χ2v) is 5.22. The lowest BCUT2D eigenvalue weighted by Crippen LogP contribution is -2.32. The van der Waals surface area contributed by atoms with Gasteiger partial charge in [-0.15, -0.1) is 11.6 Å². The lowest BCUT2D eigenvalue weighted by atomic mass is 10.1. The summed E-state index contributed by atoms with van der Waals surface area (Å²) in [6, 6.07) is 5.44. The fourth-order valence-electron chi connectivity index (χ4n) is 1.85. The summed E-state index contributed by atoms with van der Waals surface area (Å²) in [5.41, 5.74) is 0.712. The van der Waals surface area contributed by atoms with E-state index < -0.39 is 5.38 Å². The minimum atomic E-state index is -0.723. The van der Waals surface area contributed by atoms with Crippen LogP contribution >= 0.6 is 11.6 Å². The first-order valence-corrected chi connectivity index (χ1v) is 6.85. The highest BCUT2D eigenvalue weighted by atomic mass is 35.5. The molecule has 19 heavy (non-hydrogen) atoms. The van der Waals surface area contributed by atoms with Gasteiger partial charge in [0.2, 0.25) is 5.91 Å². The van der Waals surface area contributed by atoms with Crippen LogP contribution in [0.2, 0.25) is 0 Å². The summed E-state index contributed by atoms with van der Waals surface area (Å²) in [5, 5.41) is 2.07. The number of benzene rings is 1. The zero-order valence-corrected chi connectivity index (χ0v) is 11.9. The summed E-state index contributed by atoms with van der Waals surface area (Å²) < 4.78 is 11.1. The summed E-state index contributed by atoms with van der Waals surface area (Å²) in [7, 11) is 0. The van der Waals surface area contributed by atoms with Crippen molar-refractivity contribution < 1.29 is 14.3 Å². The van der Waals surface area contributed by atoms with E-state index in [1.54, 1.807) is 18.2 Å². The molecule has 1 heterocycles. The Morgan fingerprint density at radius 3 is 2.63 bits per heavy atom. The standard InChI is InChI=1S/C14H18ClNO3/c1-9(2)16-14(17)13(15)10-4-5-11-12(8-10)19-7-3-6-18-11/h4-5,8-9,13H,3,6-7H2,1-2H3,(H,16,17). The quantitative estimate of drug-likeness (QED) is 0.868. The lowest BCUT2D eigenvalue weighted by Gasteiger charge is -2.15. The van der Waals surface area contributed by atoms with Crippen LogP contribution < -0.4 is 14.8 Å². The summed E-state index contributed by atoms with van der Waals surface area (Å²) in [4.78, 5) is 11.9. The summed E-state index contributed by atoms with van der Waals surface area (Å²) in [6.07, 6.45) is 0.849. The molecule has 0 bridgehead atoms. The third kappa shape index (κ3) is 3.53. The van der Waals surface area contributed by atoms with Crippen molar-refractivity contribution in [3.8, 4) is 11.5 Å². The molecule has 1 aromatic carbocycles. The van der Waals surface area contributed by atoms with E-state index in [1.807, 2.05) is 13.8 Å². The van der Waals surface area contributed by atoms with Gasteiger partial charge in [0.05, 0.1) is 13.2 Å². The molecule has 104 valence electrons. The van der Waals surface area contributed by atoms with Crippen molar-refractivity contribution in [2.45, 2.75) is 31.7 Å². The zero-order chi connectivity index (χ0) is 13.8. The number of ether oxygens (including phenoxy) is 2. The Hall–Kier alpha value is -1.42. The largest absolute Gasteiger partial charge is 0.490 e. The molecule has 0 spiro atoms. The molecule has 1 aliphatic rings. The molecule has 0 saturated carbocycles. The molecule has 1 amide bonds. The maximum atomic E-state index is 11.9. The predicted octanol–water partition coefficient (Wildman–Crippen LogP) is 2.65. The Bertz CT molecular complexity index is 462. The second-order valence-electron chi connectivity index (χ2n) is 4.78. The third-order valence-electron chi connectivity index (χ3n) is 2.73. The third-order valence-corrected chi connectivity index (χ3v) is 3.18. The monoisotopic (exact) mass is 283 g/mol. The first-order valence-electron chi connectivity index (χ1n) is 6.42. The van der Waals surface area contributed by atoms with E-state index in [1.165, 1.54) is 0 Å². The van der Waals surface area contributed by atoms with Crippen LogP contribution in [0, 0.1) is 0 Å². The predicted molar refractivity (Wildman–Crippen MR) is 73.9 cm³/mol. The maximum absolute atomic E-state index is 11.9. The van der Waals surface area contributed by atoms with Crippen LogP contribution in [0.5, 0.6) is 11.5 Å². The van der Waals surface area contributed by atoms with Crippen LogP contribution in [-0.4, -0.2) is 25.2 Å². The van der Waals surface area contributed by atoms with E-state index in [2.05, 4.69) is 5.32 Å². The van der Waals surface area contributed by atoms with Gasteiger partial charge in [0, 0.05) is 12.5 Å². The zero-order valence-electron chi connectivity index (χ0n) is 11.1. The summed E-state index contributed by atoms with van der Waals surface area (Å²) in [5.74, 6) is 1.15. The topological polar surface area (TPSA) is 47.6 Å². The Balaban J connectivity index is 2.16. The molecule has 0 radical (unpaired) electrons. The Morgan fingerprint density at radius 2 is 1.95 bits per heavy atom. The van der Waals surface area contributed by atoms with Crippen LogP contribution in [0.3, 0.4) is 0 Å². The number of carbonyl (C=O) groups excluding carboxylic acids is 1. The molecule has 1 unspecified atom stereocenters. The van der Waals surface area contributed by atoms with Gasteiger partial charge >= 0.3 is 0 Å². The molecule has 1 aliphatic heterocycles. The number of carbonyl (C=O) groups is 1. The van der Waals surface area contributed by atoms with Gasteiger partial charge in [0.25, 0.3) is 0 Å². The first-order chi connectivity index (χ1) is 9.08. The van der Waals surface area contributed by atoms with Gasteiger partial charge in [0.15, 0.2) is 11.5 Å². The van der Waals surface area contributed by atoms with Crippen LogP contribution in [-0.2, 0) is 4.79 Å². The number of hydrogen-bond acceptors (Lipinski definition) is 3. The van der Waals surface area contributed by atoms with Gasteiger partial charge < -0.3 is 14.8 Å². The molecule has 5 heteroatoms. The Morgan fingerprint density at radius 1 is 1.26 bits per heavy atom. The van der Waals surface area contributed by atoms with E-state index in [9.17, 15) is 4.79 Å². The average Bonchev–Trinajstić information content (AvgIpc) is 2.61. The molecular weight excluding hydrogens is 266 g/mol. The molecule has 0 saturated heterocycles. The van der Waals surface area contributed by atoms with Crippen molar-refractivity contribution in [3.63, 3.8) is 0 Å². The van der Waals surface area contributed by atoms with E-state index in [0.29, 0.717) is 30.3 Å². The molecular formula is C14H18ClNO3. The van der Waals surface area contributed by atoms with Crippen LogP contribution in [0.15, 0.2) is 18.2 Å². The first kappa shape index (κ1) is 14.0. The fourth-order valence-corrected chi connectivity index (χ4v) is 2.05. The van der Waals surface area contributed by atoms with Crippen molar-refractivity contribution in [1.29, 1.82) is 0 Å². The normalized spacial score (nSPS) is 15.8. The summed E-state index contributed by atoms with van der Waals surface area (Å²) >= 11 is 6.18. The van der Waals surface area contributed by atoms with Crippen molar-refractivity contribution >= 4 is 17.5 Å². The van der Waals surface area contributed by atoms with Crippen molar-refractivity contribution in [3.05, 3.63) is 23.8 Å². The highest BCUT2D eigenvalue weighted by Gasteiger charge is 2.20. The van der Waals surface area contributed by atoms with Crippen LogP contribution in [0.1, 0.15) is 31.2 Å². The van der Waals surface area contributed by atoms with Crippen molar-refractivity contribution in [1.82, 2.24) is 5.32 Å². The SMILES string of the molecule is CC(C)NC(=O)C(Cl)c1ccc2c(c1)OCCCO2. The van der Waals surface area contributed by atoms with Gasteiger partial charge in [-0.05, 0) is 31.5 Å². The number of halogens is 1. The van der Waals surface area contributed by atoms with Gasteiger partial charge in [0.1, 0.15) is 5.38 Å². The number of hydrogen-bond donors (Lipinski definition) is 1. The number of fused-ring (bicyclic) bond motifs is 1. The molecule has 2 rings (SSSR count). The van der Waals surface area contributed by atoms with Crippen LogP contribution in [0.4, 0.5) is 0 Å². The molecule has 0 aromatic heterocycles. The molecule has 4 nitrogen and oxygen atoms in total. The fraction of sp³-hybridized carbons (Fsp3) is 0.500. The number of nitrogens with one attached hydrogen (secondary N) is 1. The van der Waals surface area contributed by atoms with E-state index in [0.717, 1.165) is 6.42 Å². The van der Waals surface area contributed by atoms with Crippen LogP contribution in [0.25, 0.3) is 0 Å². The second kappa shape index (κ2) is 6.15. The minimum absolute atomic E-state index is 0.0640. The van der Waals surface area contributed by atoms with E-state index >= 15 is 0 Å². The lowest BCUT2D eigenvalue weighted by molar-refractivity contribution is -0.121. The van der Waals surface area contributed by atoms with E-state index in [4.69, 9.17) is 21.1 Å². The van der Waals surface area contributed by atoms with Gasteiger partial charge in [-0.3, -0.25) is 4.79 Å². The summed E-state index contributed by atoms with van der Waals surface area (Å²) in [6.45, 7) is 5.05. The maximum Gasteiger partial charge on any atom is 0.242 e. The Labute approximate surface area is 118 Å². The van der Waals surface area contributed by atoms with Crippen molar-refractivity contribution in [2.75, 3.05) is 13.2 Å². The van der Waals surface area contributed by atoms with Gasteiger partial charge in [-0.1, -0.05) is 6.07 Å². The average molecular weight is 284 g/mol. The highest BCUT2D eigenvalue weighted by Crippen LogP contribution is 2.34. The molecule has 1 atom stereocenters. The molecule has 1 aromatic rings. The van der Waals surface area contributed by atoms with Crippen molar-refractivity contribution in [2.24, 2.45) is 0 Å². The number of rotatable bonds is 3. The highest BCUT2D eigenvalue weighted by molar-refractivity contribution is 6.30. The number of alkyl halides is 1. The molecule has 0 fully saturated rings. The smallest absolute Gasteiger partial charge is 0.242 e. The number of amides is 1. The minimum Gasteiger partial charge on any atom is -0.490 e. The Kier molecular flexibility index (Phi) is 4.53. The van der Waals surface area contributed by atoms with E-state index in [-0.39, 0.29) is 11.9 Å². The van der Waals surface area contributed by atoms with Gasteiger partial charge in [-0.25, -0.2) is 0 Å². The molecule has 1 N–H and O–H groups in total. The molecule has 0 aliphatic carbocycles.